The topological polar surface area (TPSA) is 46.6 Å². The molecule has 4 nitrogen and oxygen atoms in total. The molecule has 1 heterocycles. The fourth-order valence-corrected chi connectivity index (χ4v) is 2.95. The highest BCUT2D eigenvalue weighted by atomic mass is 16.5. The van der Waals surface area contributed by atoms with E-state index in [2.05, 4.69) is 0 Å². The highest BCUT2D eigenvalue weighted by molar-refractivity contribution is 6.10. The quantitative estimate of drug-likeness (QED) is 0.806. The molecule has 3 rings (SSSR count). The average Bonchev–Trinajstić information content (AvgIpc) is 2.92. The monoisotopic (exact) mass is 323 g/mol. The molecular weight excluding hydrogens is 302 g/mol. The van der Waals surface area contributed by atoms with Crippen LogP contribution in [0.15, 0.2) is 48.5 Å². The van der Waals surface area contributed by atoms with Crippen LogP contribution in [-0.4, -0.2) is 18.5 Å². The van der Waals surface area contributed by atoms with Crippen molar-refractivity contribution in [3.8, 4) is 0 Å². The molecule has 0 aromatic heterocycles. The number of rotatable bonds is 4. The summed E-state index contributed by atoms with van der Waals surface area (Å²) in [5.41, 5.74) is 2.78. The van der Waals surface area contributed by atoms with Crippen molar-refractivity contribution in [2.45, 2.75) is 32.7 Å². The maximum absolute atomic E-state index is 12.5. The SMILES string of the molecule is CCOC(=O)C(C)(C)c1ccc(N2Cc3ccccc3C2=O)cc1. The minimum Gasteiger partial charge on any atom is -0.465 e. The maximum Gasteiger partial charge on any atom is 0.315 e. The summed E-state index contributed by atoms with van der Waals surface area (Å²) >= 11 is 0. The summed E-state index contributed by atoms with van der Waals surface area (Å²) in [5.74, 6) is -0.231. The molecule has 1 amide bonds. The summed E-state index contributed by atoms with van der Waals surface area (Å²) in [4.78, 5) is 26.4. The summed E-state index contributed by atoms with van der Waals surface area (Å²) in [6.07, 6.45) is 0. The molecule has 0 radical (unpaired) electrons. The third-order valence-electron chi connectivity index (χ3n) is 4.51. The number of amides is 1. The van der Waals surface area contributed by atoms with E-state index in [1.54, 1.807) is 11.8 Å². The number of esters is 1. The number of carbonyl (C=O) groups excluding carboxylic acids is 2. The number of benzene rings is 2. The Bertz CT molecular complexity index is 778. The lowest BCUT2D eigenvalue weighted by Crippen LogP contribution is -2.31. The second-order valence-corrected chi connectivity index (χ2v) is 6.44. The van der Waals surface area contributed by atoms with Crippen molar-refractivity contribution in [2.24, 2.45) is 0 Å². The van der Waals surface area contributed by atoms with Crippen LogP contribution in [0.5, 0.6) is 0 Å². The highest BCUT2D eigenvalue weighted by Gasteiger charge is 2.32. The lowest BCUT2D eigenvalue weighted by atomic mass is 9.84. The van der Waals surface area contributed by atoms with E-state index in [1.165, 1.54) is 0 Å². The Morgan fingerprint density at radius 2 is 1.79 bits per heavy atom. The molecule has 0 aliphatic carbocycles. The highest BCUT2D eigenvalue weighted by Crippen LogP contribution is 2.31. The van der Waals surface area contributed by atoms with Crippen molar-refractivity contribution in [1.29, 1.82) is 0 Å². The van der Waals surface area contributed by atoms with Gasteiger partial charge in [0.05, 0.1) is 18.6 Å². The minimum atomic E-state index is -0.716. The van der Waals surface area contributed by atoms with Crippen LogP contribution in [-0.2, 0) is 21.5 Å². The molecule has 124 valence electrons. The standard InChI is InChI=1S/C20H21NO3/c1-4-24-19(23)20(2,3)15-9-11-16(12-10-15)21-13-14-7-5-6-8-17(14)18(21)22/h5-12H,4,13H2,1-3H3. The van der Waals surface area contributed by atoms with Gasteiger partial charge in [-0.15, -0.1) is 0 Å². The molecule has 24 heavy (non-hydrogen) atoms. The minimum absolute atomic E-state index is 0.0167. The Labute approximate surface area is 142 Å². The number of carbonyl (C=O) groups is 2. The zero-order valence-corrected chi connectivity index (χ0v) is 14.2. The van der Waals surface area contributed by atoms with Gasteiger partial charge >= 0.3 is 5.97 Å². The van der Waals surface area contributed by atoms with Crippen LogP contribution in [0.4, 0.5) is 5.69 Å². The number of hydrogen-bond acceptors (Lipinski definition) is 3. The van der Waals surface area contributed by atoms with E-state index in [4.69, 9.17) is 4.74 Å². The first-order chi connectivity index (χ1) is 11.4. The summed E-state index contributed by atoms with van der Waals surface area (Å²) < 4.78 is 5.15. The van der Waals surface area contributed by atoms with Crippen molar-refractivity contribution in [3.05, 3.63) is 65.2 Å². The zero-order chi connectivity index (χ0) is 17.3. The normalized spacial score (nSPS) is 13.8. The van der Waals surface area contributed by atoms with Crippen molar-refractivity contribution in [2.75, 3.05) is 11.5 Å². The number of fused-ring (bicyclic) bond motifs is 1. The molecule has 2 aromatic rings. The Balaban J connectivity index is 1.84. The van der Waals surface area contributed by atoms with Gasteiger partial charge in [-0.25, -0.2) is 0 Å². The van der Waals surface area contributed by atoms with Gasteiger partial charge < -0.3 is 9.64 Å². The van der Waals surface area contributed by atoms with E-state index in [0.717, 1.165) is 22.4 Å². The van der Waals surface area contributed by atoms with E-state index in [0.29, 0.717) is 13.2 Å². The first-order valence-corrected chi connectivity index (χ1v) is 8.12. The second-order valence-electron chi connectivity index (χ2n) is 6.44. The molecule has 1 aliphatic rings. The van der Waals surface area contributed by atoms with Crippen LogP contribution in [0.3, 0.4) is 0 Å². The predicted octanol–water partition coefficient (Wildman–Crippen LogP) is 3.69. The fraction of sp³-hybridized carbons (Fsp3) is 0.300. The number of anilines is 1. The lowest BCUT2D eigenvalue weighted by molar-refractivity contribution is -0.148. The van der Waals surface area contributed by atoms with Gasteiger partial charge in [0.15, 0.2) is 0 Å². The summed E-state index contributed by atoms with van der Waals surface area (Å²) in [5, 5.41) is 0. The summed E-state index contributed by atoms with van der Waals surface area (Å²) in [6, 6.07) is 15.2. The first-order valence-electron chi connectivity index (χ1n) is 8.12. The summed E-state index contributed by atoms with van der Waals surface area (Å²) in [6.45, 7) is 6.43. The third kappa shape index (κ3) is 2.68. The Kier molecular flexibility index (Phi) is 4.14. The first kappa shape index (κ1) is 16.2. The molecular formula is C20H21NO3. The molecule has 1 aliphatic heterocycles. The van der Waals surface area contributed by atoms with Crippen molar-refractivity contribution in [3.63, 3.8) is 0 Å². The maximum atomic E-state index is 12.5. The number of hydrogen-bond donors (Lipinski definition) is 0. The van der Waals surface area contributed by atoms with Gasteiger partial charge in [0.2, 0.25) is 0 Å². The van der Waals surface area contributed by atoms with E-state index in [9.17, 15) is 9.59 Å². The molecule has 4 heteroatoms. The predicted molar refractivity (Wildman–Crippen MR) is 93.1 cm³/mol. The molecule has 0 saturated heterocycles. The Hall–Kier alpha value is -2.62. The van der Waals surface area contributed by atoms with E-state index >= 15 is 0 Å². The van der Waals surface area contributed by atoms with Crippen molar-refractivity contribution < 1.29 is 14.3 Å². The molecule has 0 saturated carbocycles. The van der Waals surface area contributed by atoms with Gasteiger partial charge in [-0.2, -0.15) is 0 Å². The van der Waals surface area contributed by atoms with Crippen molar-refractivity contribution in [1.82, 2.24) is 0 Å². The molecule has 2 aromatic carbocycles. The molecule has 0 atom stereocenters. The third-order valence-corrected chi connectivity index (χ3v) is 4.51. The van der Waals surface area contributed by atoms with Crippen LogP contribution >= 0.6 is 0 Å². The van der Waals surface area contributed by atoms with Crippen LogP contribution in [0.2, 0.25) is 0 Å². The van der Waals surface area contributed by atoms with E-state index in [1.807, 2.05) is 62.4 Å². The number of ether oxygens (including phenoxy) is 1. The van der Waals surface area contributed by atoms with Crippen LogP contribution in [0.25, 0.3) is 0 Å². The Morgan fingerprint density at radius 1 is 1.12 bits per heavy atom. The molecule has 0 unspecified atom stereocenters. The summed E-state index contributed by atoms with van der Waals surface area (Å²) in [7, 11) is 0. The molecule has 0 bridgehead atoms. The van der Waals surface area contributed by atoms with Crippen molar-refractivity contribution >= 4 is 17.6 Å². The molecule has 0 fully saturated rings. The molecule has 0 spiro atoms. The van der Waals surface area contributed by atoms with E-state index in [-0.39, 0.29) is 11.9 Å². The lowest BCUT2D eigenvalue weighted by Gasteiger charge is -2.24. The van der Waals surface area contributed by atoms with Gasteiger partial charge in [0, 0.05) is 11.3 Å². The smallest absolute Gasteiger partial charge is 0.315 e. The fourth-order valence-electron chi connectivity index (χ4n) is 2.95. The largest absolute Gasteiger partial charge is 0.465 e. The van der Waals surface area contributed by atoms with Crippen LogP contribution in [0, 0.1) is 0 Å². The second kappa shape index (κ2) is 6.11. The van der Waals surface area contributed by atoms with Crippen LogP contribution in [0.1, 0.15) is 42.3 Å². The van der Waals surface area contributed by atoms with Gasteiger partial charge in [-0.1, -0.05) is 30.3 Å². The van der Waals surface area contributed by atoms with Gasteiger partial charge in [0.1, 0.15) is 0 Å². The molecule has 0 N–H and O–H groups in total. The van der Waals surface area contributed by atoms with Gasteiger partial charge in [0.25, 0.3) is 5.91 Å². The van der Waals surface area contributed by atoms with Gasteiger partial charge in [-0.3, -0.25) is 9.59 Å². The number of nitrogens with zero attached hydrogens (tertiary/aromatic N) is 1. The van der Waals surface area contributed by atoms with Crippen LogP contribution < -0.4 is 4.90 Å². The van der Waals surface area contributed by atoms with Gasteiger partial charge in [-0.05, 0) is 50.1 Å². The van der Waals surface area contributed by atoms with E-state index < -0.39 is 5.41 Å². The zero-order valence-electron chi connectivity index (χ0n) is 14.2. The Morgan fingerprint density at radius 3 is 2.42 bits per heavy atom. The average molecular weight is 323 g/mol.